The number of hydrogen-bond donors (Lipinski definition) is 0. The highest BCUT2D eigenvalue weighted by atomic mass is 19.1. The maximum Gasteiger partial charge on any atom is 0.262 e. The minimum atomic E-state index is -0.544. The van der Waals surface area contributed by atoms with E-state index in [0.717, 1.165) is 5.69 Å². The van der Waals surface area contributed by atoms with Gasteiger partial charge in [0.25, 0.3) is 5.91 Å². The van der Waals surface area contributed by atoms with Crippen LogP contribution in [0.3, 0.4) is 0 Å². The van der Waals surface area contributed by atoms with Gasteiger partial charge in [0.2, 0.25) is 0 Å². The topological polar surface area (TPSA) is 46.8 Å². The first-order valence-electron chi connectivity index (χ1n) is 9.22. The summed E-state index contributed by atoms with van der Waals surface area (Å²) in [5.74, 6) is 0.272. The van der Waals surface area contributed by atoms with Gasteiger partial charge in [-0.2, -0.15) is 0 Å². The molecule has 28 heavy (non-hydrogen) atoms. The zero-order chi connectivity index (χ0) is 20.3. The van der Waals surface area contributed by atoms with Gasteiger partial charge in [-0.25, -0.2) is 9.37 Å². The van der Waals surface area contributed by atoms with E-state index in [2.05, 4.69) is 4.98 Å². The van der Waals surface area contributed by atoms with E-state index in [0.29, 0.717) is 30.2 Å². The molecular formula is C22H24FN3O2. The van der Waals surface area contributed by atoms with Gasteiger partial charge >= 0.3 is 0 Å². The first-order chi connectivity index (χ1) is 13.4. The molecule has 0 aliphatic heterocycles. The van der Waals surface area contributed by atoms with Gasteiger partial charge in [0.1, 0.15) is 18.2 Å². The van der Waals surface area contributed by atoms with E-state index in [9.17, 15) is 9.18 Å². The van der Waals surface area contributed by atoms with Crippen LogP contribution in [0.5, 0.6) is 5.75 Å². The number of anilines is 1. The van der Waals surface area contributed by atoms with E-state index >= 15 is 0 Å². The second-order valence-corrected chi connectivity index (χ2v) is 6.74. The average Bonchev–Trinajstić information content (AvgIpc) is 3.06. The van der Waals surface area contributed by atoms with Crippen molar-refractivity contribution in [3.8, 4) is 5.75 Å². The van der Waals surface area contributed by atoms with E-state index in [1.807, 2.05) is 49.6 Å². The summed E-state index contributed by atoms with van der Waals surface area (Å²) in [4.78, 5) is 19.0. The SMILES string of the molecule is CCc1nc2c(OCC=C(C)C)cccn2c1N(C)C(=O)c1ccccc1F. The van der Waals surface area contributed by atoms with Crippen LogP contribution in [0.25, 0.3) is 5.65 Å². The normalized spacial score (nSPS) is 10.8. The average molecular weight is 381 g/mol. The number of nitrogens with zero attached hydrogens (tertiary/aromatic N) is 3. The molecule has 0 radical (unpaired) electrons. The summed E-state index contributed by atoms with van der Waals surface area (Å²) in [5.41, 5.74) is 2.56. The van der Waals surface area contributed by atoms with Crippen molar-refractivity contribution in [1.29, 1.82) is 0 Å². The van der Waals surface area contributed by atoms with Gasteiger partial charge in [0.05, 0.1) is 11.3 Å². The van der Waals surface area contributed by atoms with Crippen LogP contribution >= 0.6 is 0 Å². The van der Waals surface area contributed by atoms with Gasteiger partial charge in [-0.15, -0.1) is 0 Å². The Morgan fingerprint density at radius 3 is 2.68 bits per heavy atom. The second-order valence-electron chi connectivity index (χ2n) is 6.74. The monoisotopic (exact) mass is 381 g/mol. The molecule has 0 aliphatic rings. The van der Waals surface area contributed by atoms with E-state index in [1.165, 1.54) is 22.6 Å². The van der Waals surface area contributed by atoms with Crippen LogP contribution in [0.1, 0.15) is 36.8 Å². The predicted octanol–water partition coefficient (Wildman–Crippen LogP) is 4.66. The molecule has 0 saturated carbocycles. The summed E-state index contributed by atoms with van der Waals surface area (Å²) in [6.07, 6.45) is 4.44. The Kier molecular flexibility index (Phi) is 5.78. The van der Waals surface area contributed by atoms with Crippen LogP contribution in [-0.2, 0) is 6.42 Å². The lowest BCUT2D eigenvalue weighted by Gasteiger charge is -2.18. The van der Waals surface area contributed by atoms with Crippen LogP contribution < -0.4 is 9.64 Å². The smallest absolute Gasteiger partial charge is 0.262 e. The van der Waals surface area contributed by atoms with Crippen LogP contribution in [-0.4, -0.2) is 28.9 Å². The number of carbonyl (C=O) groups is 1. The number of imidazole rings is 1. The van der Waals surface area contributed by atoms with E-state index in [1.54, 1.807) is 19.2 Å². The number of ether oxygens (including phenoxy) is 1. The van der Waals surface area contributed by atoms with E-state index < -0.39 is 11.7 Å². The first kappa shape index (κ1) is 19.6. The third-order valence-corrected chi connectivity index (χ3v) is 4.45. The lowest BCUT2D eigenvalue weighted by atomic mass is 10.2. The number of halogens is 1. The highest BCUT2D eigenvalue weighted by Crippen LogP contribution is 2.29. The van der Waals surface area contributed by atoms with Crippen molar-refractivity contribution in [3.63, 3.8) is 0 Å². The van der Waals surface area contributed by atoms with Gasteiger partial charge < -0.3 is 4.74 Å². The lowest BCUT2D eigenvalue weighted by Crippen LogP contribution is -2.29. The number of allylic oxidation sites excluding steroid dienone is 1. The fourth-order valence-electron chi connectivity index (χ4n) is 2.99. The minimum absolute atomic E-state index is 0.0259. The molecule has 0 bridgehead atoms. The molecule has 2 heterocycles. The molecule has 2 aromatic heterocycles. The molecule has 5 nitrogen and oxygen atoms in total. The number of aromatic nitrogens is 2. The summed E-state index contributed by atoms with van der Waals surface area (Å²) in [6.45, 7) is 6.43. The van der Waals surface area contributed by atoms with Crippen LogP contribution in [0.15, 0.2) is 54.2 Å². The summed E-state index contributed by atoms with van der Waals surface area (Å²) in [7, 11) is 1.63. The molecule has 0 fully saturated rings. The molecule has 0 saturated heterocycles. The van der Waals surface area contributed by atoms with Crippen molar-refractivity contribution in [3.05, 3.63) is 71.3 Å². The molecule has 6 heteroatoms. The molecule has 1 aromatic carbocycles. The van der Waals surface area contributed by atoms with Crippen molar-refractivity contribution in [2.75, 3.05) is 18.6 Å². The largest absolute Gasteiger partial charge is 0.486 e. The molecule has 0 atom stereocenters. The number of rotatable bonds is 6. The molecule has 3 aromatic rings. The molecule has 0 aliphatic carbocycles. The Morgan fingerprint density at radius 2 is 2.00 bits per heavy atom. The Hall–Kier alpha value is -3.15. The third-order valence-electron chi connectivity index (χ3n) is 4.45. The fourth-order valence-corrected chi connectivity index (χ4v) is 2.99. The van der Waals surface area contributed by atoms with Gasteiger partial charge in [0.15, 0.2) is 11.4 Å². The van der Waals surface area contributed by atoms with Crippen LogP contribution in [0.2, 0.25) is 0 Å². The molecule has 0 unspecified atom stereocenters. The van der Waals surface area contributed by atoms with Crippen LogP contribution in [0.4, 0.5) is 10.2 Å². The number of amides is 1. The molecule has 0 N–H and O–H groups in total. The fraction of sp³-hybridized carbons (Fsp3) is 0.273. The zero-order valence-corrected chi connectivity index (χ0v) is 16.6. The minimum Gasteiger partial charge on any atom is -0.486 e. The zero-order valence-electron chi connectivity index (χ0n) is 16.6. The van der Waals surface area contributed by atoms with Gasteiger partial charge in [-0.05, 0) is 50.6 Å². The highest BCUT2D eigenvalue weighted by molar-refractivity contribution is 6.06. The van der Waals surface area contributed by atoms with Crippen LogP contribution in [0, 0.1) is 5.82 Å². The van der Waals surface area contributed by atoms with Crippen molar-refractivity contribution in [1.82, 2.24) is 9.38 Å². The van der Waals surface area contributed by atoms with E-state index in [4.69, 9.17) is 4.74 Å². The maximum atomic E-state index is 14.1. The van der Waals surface area contributed by atoms with Crippen molar-refractivity contribution < 1.29 is 13.9 Å². The molecule has 3 rings (SSSR count). The number of carbonyl (C=O) groups excluding carboxylic acids is 1. The summed E-state index contributed by atoms with van der Waals surface area (Å²) >= 11 is 0. The first-order valence-corrected chi connectivity index (χ1v) is 9.22. The molecule has 146 valence electrons. The van der Waals surface area contributed by atoms with Crippen molar-refractivity contribution >= 4 is 17.4 Å². The summed E-state index contributed by atoms with van der Waals surface area (Å²) in [6, 6.07) is 9.67. The quantitative estimate of drug-likeness (QED) is 0.584. The van der Waals surface area contributed by atoms with Crippen molar-refractivity contribution in [2.24, 2.45) is 0 Å². The van der Waals surface area contributed by atoms with Gasteiger partial charge in [-0.3, -0.25) is 14.1 Å². The summed E-state index contributed by atoms with van der Waals surface area (Å²) < 4.78 is 21.8. The number of pyridine rings is 1. The Balaban J connectivity index is 2.04. The number of hydrogen-bond acceptors (Lipinski definition) is 3. The standard InChI is InChI=1S/C22H24FN3O2/c1-5-18-21(25(4)22(27)16-9-6-7-10-17(16)23)26-13-8-11-19(20(26)24-18)28-14-12-15(2)3/h6-13H,5,14H2,1-4H3. The highest BCUT2D eigenvalue weighted by Gasteiger charge is 2.24. The maximum absolute atomic E-state index is 14.1. The number of fused-ring (bicyclic) bond motifs is 1. The second kappa shape index (κ2) is 8.25. The molecule has 0 spiro atoms. The van der Waals surface area contributed by atoms with Crippen molar-refractivity contribution in [2.45, 2.75) is 27.2 Å². The summed E-state index contributed by atoms with van der Waals surface area (Å²) in [5, 5.41) is 0. The van der Waals surface area contributed by atoms with E-state index in [-0.39, 0.29) is 5.56 Å². The number of benzene rings is 1. The Morgan fingerprint density at radius 1 is 1.25 bits per heavy atom. The van der Waals surface area contributed by atoms with Gasteiger partial charge in [-0.1, -0.05) is 24.6 Å². The molecule has 1 amide bonds. The Labute approximate surface area is 164 Å². The Bertz CT molecular complexity index is 1040. The molecular weight excluding hydrogens is 357 g/mol. The third kappa shape index (κ3) is 3.76. The lowest BCUT2D eigenvalue weighted by molar-refractivity contribution is 0.0988. The number of aryl methyl sites for hydroxylation is 1. The predicted molar refractivity (Wildman–Crippen MR) is 109 cm³/mol. The van der Waals surface area contributed by atoms with Gasteiger partial charge in [0, 0.05) is 13.2 Å².